The SMILES string of the molecule is CCOC(=O)c1cc(Br)cc2c(C3CCS(O)(O)C(C)(C)C3)cn(C(=O)OC(C)(C)C)c12. The van der Waals surface area contributed by atoms with Crippen molar-refractivity contribution in [2.75, 3.05) is 12.4 Å². The fourth-order valence-corrected chi connectivity index (χ4v) is 6.27. The molecule has 1 unspecified atom stereocenters. The van der Waals surface area contributed by atoms with Gasteiger partial charge in [0.2, 0.25) is 0 Å². The number of hydrogen-bond donors (Lipinski definition) is 2. The number of esters is 1. The average Bonchev–Trinajstić information content (AvgIpc) is 3.01. The average molecular weight is 530 g/mol. The summed E-state index contributed by atoms with van der Waals surface area (Å²) in [6.45, 7) is 11.0. The number of ether oxygens (including phenoxy) is 2. The van der Waals surface area contributed by atoms with Gasteiger partial charge >= 0.3 is 12.1 Å². The van der Waals surface area contributed by atoms with E-state index in [1.54, 1.807) is 40.0 Å². The summed E-state index contributed by atoms with van der Waals surface area (Å²) in [4.78, 5) is 25.9. The number of halogens is 1. The van der Waals surface area contributed by atoms with Crippen molar-refractivity contribution in [3.8, 4) is 0 Å². The van der Waals surface area contributed by atoms with E-state index in [4.69, 9.17) is 9.47 Å². The lowest BCUT2D eigenvalue weighted by molar-refractivity contribution is 0.0527. The van der Waals surface area contributed by atoms with Crippen LogP contribution in [0.25, 0.3) is 10.9 Å². The quantitative estimate of drug-likeness (QED) is 0.425. The van der Waals surface area contributed by atoms with Crippen LogP contribution in [0.5, 0.6) is 0 Å². The minimum Gasteiger partial charge on any atom is -0.462 e. The van der Waals surface area contributed by atoms with Gasteiger partial charge in [0, 0.05) is 21.8 Å². The van der Waals surface area contributed by atoms with E-state index in [0.29, 0.717) is 28.6 Å². The van der Waals surface area contributed by atoms with E-state index in [1.165, 1.54) is 4.57 Å². The van der Waals surface area contributed by atoms with Crippen molar-refractivity contribution in [3.05, 3.63) is 33.9 Å². The summed E-state index contributed by atoms with van der Waals surface area (Å²) in [6.07, 6.45) is 2.26. The minimum absolute atomic E-state index is 0.0135. The Bertz CT molecular complexity index is 1050. The summed E-state index contributed by atoms with van der Waals surface area (Å²) in [7, 11) is -2.71. The maximum absolute atomic E-state index is 13.1. The number of carbonyl (C=O) groups excluding carboxylic acids is 2. The third kappa shape index (κ3) is 4.85. The van der Waals surface area contributed by atoms with E-state index >= 15 is 0 Å². The van der Waals surface area contributed by atoms with Gasteiger partial charge in [-0.05, 0) is 78.0 Å². The molecule has 32 heavy (non-hydrogen) atoms. The normalized spacial score (nSPS) is 21.2. The Morgan fingerprint density at radius 2 is 1.94 bits per heavy atom. The molecule has 2 N–H and O–H groups in total. The van der Waals surface area contributed by atoms with Gasteiger partial charge in [0.15, 0.2) is 0 Å². The first-order valence-electron chi connectivity index (χ1n) is 10.7. The molecule has 1 saturated heterocycles. The maximum atomic E-state index is 13.1. The minimum atomic E-state index is -2.71. The van der Waals surface area contributed by atoms with Crippen LogP contribution in [0.3, 0.4) is 0 Å². The summed E-state index contributed by atoms with van der Waals surface area (Å²) < 4.78 is 33.3. The molecule has 0 spiro atoms. The zero-order valence-electron chi connectivity index (χ0n) is 19.4. The van der Waals surface area contributed by atoms with Crippen LogP contribution in [-0.4, -0.2) is 48.4 Å². The van der Waals surface area contributed by atoms with Crippen molar-refractivity contribution >= 4 is 49.5 Å². The molecule has 0 saturated carbocycles. The van der Waals surface area contributed by atoms with Crippen LogP contribution in [0, 0.1) is 0 Å². The topological polar surface area (TPSA) is 98.0 Å². The third-order valence-electron chi connectivity index (χ3n) is 5.79. The number of rotatable bonds is 3. The van der Waals surface area contributed by atoms with Crippen molar-refractivity contribution in [3.63, 3.8) is 0 Å². The second kappa shape index (κ2) is 8.66. The zero-order valence-corrected chi connectivity index (χ0v) is 21.8. The van der Waals surface area contributed by atoms with Crippen LogP contribution in [0.2, 0.25) is 0 Å². The predicted octanol–water partition coefficient (Wildman–Crippen LogP) is 6.77. The fraction of sp³-hybridized carbons (Fsp3) is 0.565. The van der Waals surface area contributed by atoms with E-state index < -0.39 is 33.0 Å². The number of carbonyl (C=O) groups is 2. The highest BCUT2D eigenvalue weighted by Crippen LogP contribution is 2.61. The summed E-state index contributed by atoms with van der Waals surface area (Å²) in [5.41, 5.74) is 0.871. The van der Waals surface area contributed by atoms with Crippen LogP contribution in [0.4, 0.5) is 4.79 Å². The molecule has 178 valence electrons. The van der Waals surface area contributed by atoms with Crippen molar-refractivity contribution in [2.24, 2.45) is 0 Å². The van der Waals surface area contributed by atoms with Crippen LogP contribution < -0.4 is 0 Å². The van der Waals surface area contributed by atoms with Gasteiger partial charge in [0.1, 0.15) is 5.60 Å². The van der Waals surface area contributed by atoms with E-state index in [9.17, 15) is 18.7 Å². The van der Waals surface area contributed by atoms with Crippen molar-refractivity contribution in [1.29, 1.82) is 0 Å². The zero-order chi connectivity index (χ0) is 24.1. The second-order valence-corrected chi connectivity index (χ2v) is 13.6. The first-order valence-corrected chi connectivity index (χ1v) is 13.2. The lowest BCUT2D eigenvalue weighted by atomic mass is 9.87. The standard InChI is InChI=1S/C23H32BrNO6S/c1-7-30-20(26)17-11-15(24)10-16-18(14-8-9-32(28,29)23(5,6)12-14)13-25(19(16)17)21(27)31-22(2,3)4/h10-11,13-14,28-29H,7-9,12H2,1-6H3. The molecule has 2 heterocycles. The third-order valence-corrected chi connectivity index (χ3v) is 8.99. The smallest absolute Gasteiger partial charge is 0.419 e. The molecule has 0 amide bonds. The number of benzene rings is 1. The Hall–Kier alpha value is -1.55. The maximum Gasteiger partial charge on any atom is 0.419 e. The van der Waals surface area contributed by atoms with Crippen molar-refractivity contribution < 1.29 is 28.2 Å². The largest absolute Gasteiger partial charge is 0.462 e. The van der Waals surface area contributed by atoms with Crippen molar-refractivity contribution in [1.82, 2.24) is 4.57 Å². The number of aromatic nitrogens is 1. The highest BCUT2D eigenvalue weighted by atomic mass is 79.9. The van der Waals surface area contributed by atoms with Gasteiger partial charge in [0.25, 0.3) is 0 Å². The Morgan fingerprint density at radius 1 is 1.28 bits per heavy atom. The van der Waals surface area contributed by atoms with Crippen LogP contribution >= 0.6 is 26.5 Å². The molecule has 1 aromatic heterocycles. The number of hydrogen-bond acceptors (Lipinski definition) is 6. The van der Waals surface area contributed by atoms with Gasteiger partial charge < -0.3 is 9.47 Å². The molecule has 2 aromatic rings. The van der Waals surface area contributed by atoms with Gasteiger partial charge in [-0.15, -0.1) is 0 Å². The van der Waals surface area contributed by atoms with Gasteiger partial charge in [-0.1, -0.05) is 15.9 Å². The van der Waals surface area contributed by atoms with E-state index in [0.717, 1.165) is 10.9 Å². The molecular formula is C23H32BrNO6S. The molecule has 0 bridgehead atoms. The van der Waals surface area contributed by atoms with E-state index in [1.807, 2.05) is 19.9 Å². The Labute approximate surface area is 198 Å². The van der Waals surface area contributed by atoms with Crippen LogP contribution in [0.15, 0.2) is 22.8 Å². The summed E-state index contributed by atoms with van der Waals surface area (Å²) in [5, 5.41) is 0.743. The molecule has 0 radical (unpaired) electrons. The lowest BCUT2D eigenvalue weighted by Gasteiger charge is -2.52. The molecule has 3 rings (SSSR count). The summed E-state index contributed by atoms with van der Waals surface area (Å²) >= 11 is 3.49. The van der Waals surface area contributed by atoms with Crippen LogP contribution in [0.1, 0.15) is 76.2 Å². The van der Waals surface area contributed by atoms with Crippen LogP contribution in [-0.2, 0) is 9.47 Å². The van der Waals surface area contributed by atoms with E-state index in [-0.39, 0.29) is 18.1 Å². The lowest BCUT2D eigenvalue weighted by Crippen LogP contribution is -2.37. The molecule has 9 heteroatoms. The first kappa shape index (κ1) is 25.1. The fourth-order valence-electron chi connectivity index (χ4n) is 4.17. The van der Waals surface area contributed by atoms with Crippen molar-refractivity contribution in [2.45, 2.75) is 70.7 Å². The highest BCUT2D eigenvalue weighted by Gasteiger charge is 2.42. The van der Waals surface area contributed by atoms with Gasteiger partial charge in [0.05, 0.1) is 22.4 Å². The predicted molar refractivity (Wildman–Crippen MR) is 131 cm³/mol. The van der Waals surface area contributed by atoms with E-state index in [2.05, 4.69) is 15.9 Å². The second-order valence-electron chi connectivity index (χ2n) is 9.83. The molecular weight excluding hydrogens is 498 g/mol. The Morgan fingerprint density at radius 3 is 2.50 bits per heavy atom. The Kier molecular flexibility index (Phi) is 6.79. The summed E-state index contributed by atoms with van der Waals surface area (Å²) in [6, 6.07) is 3.53. The van der Waals surface area contributed by atoms with Gasteiger partial charge in [-0.25, -0.2) is 9.59 Å². The highest BCUT2D eigenvalue weighted by molar-refractivity contribution is 9.10. The van der Waals surface area contributed by atoms with Gasteiger partial charge in [-0.3, -0.25) is 13.7 Å². The number of fused-ring (bicyclic) bond motifs is 1. The molecule has 1 atom stereocenters. The Balaban J connectivity index is 2.22. The molecule has 1 fully saturated rings. The monoisotopic (exact) mass is 529 g/mol. The first-order chi connectivity index (χ1) is 14.7. The number of nitrogens with zero attached hydrogens (tertiary/aromatic N) is 1. The summed E-state index contributed by atoms with van der Waals surface area (Å²) in [5.74, 6) is -0.241. The molecule has 0 aliphatic carbocycles. The molecule has 7 nitrogen and oxygen atoms in total. The molecule has 1 aliphatic rings. The molecule has 1 aliphatic heterocycles. The molecule has 1 aromatic carbocycles. The van der Waals surface area contributed by atoms with Gasteiger partial charge in [-0.2, -0.15) is 10.6 Å².